The summed E-state index contributed by atoms with van der Waals surface area (Å²) in [5, 5.41) is 42.5. The van der Waals surface area contributed by atoms with Crippen molar-refractivity contribution in [2.45, 2.75) is 49.7 Å². The van der Waals surface area contributed by atoms with E-state index in [4.69, 9.17) is 25.2 Å². The van der Waals surface area contributed by atoms with Crippen LogP contribution < -0.4 is 4.74 Å². The molecule has 5 N–H and O–H groups in total. The Hall–Kier alpha value is -3.92. The van der Waals surface area contributed by atoms with Crippen LogP contribution in [0.25, 0.3) is 0 Å². The van der Waals surface area contributed by atoms with Gasteiger partial charge < -0.3 is 30.3 Å². The van der Waals surface area contributed by atoms with Gasteiger partial charge in [0.1, 0.15) is 18.1 Å². The summed E-state index contributed by atoms with van der Waals surface area (Å²) in [6.07, 6.45) is 0.182. The lowest BCUT2D eigenvalue weighted by atomic mass is 9.69. The number of hydrogen-bond donors (Lipinski definition) is 5. The number of aliphatic carboxylic acids is 2. The lowest BCUT2D eigenvalue weighted by Gasteiger charge is -2.35. The second-order valence-electron chi connectivity index (χ2n) is 10.4. The molecule has 218 valence electrons. The zero-order valence-corrected chi connectivity index (χ0v) is 22.8. The maximum Gasteiger partial charge on any atom is 0.335 e. The van der Waals surface area contributed by atoms with Gasteiger partial charge in [-0.2, -0.15) is 0 Å². The van der Waals surface area contributed by atoms with Gasteiger partial charge in [-0.05, 0) is 91.2 Å². The van der Waals surface area contributed by atoms with Gasteiger partial charge in [0.15, 0.2) is 12.2 Å². The molecule has 3 aromatic rings. The van der Waals surface area contributed by atoms with Crippen LogP contribution in [0.5, 0.6) is 11.5 Å². The van der Waals surface area contributed by atoms with Crippen LogP contribution in [-0.4, -0.2) is 80.8 Å². The summed E-state index contributed by atoms with van der Waals surface area (Å²) in [4.78, 5) is 22.0. The summed E-state index contributed by atoms with van der Waals surface area (Å²) in [7, 11) is 0. The molecule has 0 bridgehead atoms. The number of carboxylic acids is 2. The van der Waals surface area contributed by atoms with Crippen LogP contribution >= 0.6 is 0 Å². The first-order valence-electron chi connectivity index (χ1n) is 13.9. The maximum absolute atomic E-state index is 10.0. The molecule has 1 aliphatic carbocycles. The molecule has 2 aliphatic rings. The van der Waals surface area contributed by atoms with Crippen molar-refractivity contribution in [3.63, 3.8) is 0 Å². The van der Waals surface area contributed by atoms with Crippen molar-refractivity contribution >= 4 is 11.9 Å². The highest BCUT2D eigenvalue weighted by Gasteiger charge is 2.32. The van der Waals surface area contributed by atoms with Gasteiger partial charge in [0, 0.05) is 12.5 Å². The number of hydrogen-bond acceptors (Lipinski definition) is 7. The number of aliphatic hydroxyl groups excluding tert-OH is 2. The van der Waals surface area contributed by atoms with E-state index in [1.807, 2.05) is 12.1 Å². The summed E-state index contributed by atoms with van der Waals surface area (Å²) >= 11 is 0. The van der Waals surface area contributed by atoms with Crippen molar-refractivity contribution in [3.8, 4) is 11.5 Å². The molecular formula is C32H37NO8. The fourth-order valence-electron chi connectivity index (χ4n) is 5.62. The quantitative estimate of drug-likeness (QED) is 0.263. The van der Waals surface area contributed by atoms with Crippen LogP contribution in [0.15, 0.2) is 72.8 Å². The average Bonchev–Trinajstić information content (AvgIpc) is 3.50. The maximum atomic E-state index is 10.0. The molecule has 1 heterocycles. The normalized spacial score (nSPS) is 19.8. The van der Waals surface area contributed by atoms with Crippen molar-refractivity contribution in [2.24, 2.45) is 0 Å². The van der Waals surface area contributed by atoms with E-state index in [0.29, 0.717) is 11.7 Å². The third-order valence-corrected chi connectivity index (χ3v) is 7.74. The van der Waals surface area contributed by atoms with E-state index in [2.05, 4.69) is 65.6 Å². The van der Waals surface area contributed by atoms with Gasteiger partial charge in [-0.1, -0.05) is 48.5 Å². The van der Waals surface area contributed by atoms with Gasteiger partial charge in [0.2, 0.25) is 0 Å². The predicted octanol–water partition coefficient (Wildman–Crippen LogP) is 3.61. The van der Waals surface area contributed by atoms with Crippen LogP contribution in [0.3, 0.4) is 0 Å². The molecule has 9 nitrogen and oxygen atoms in total. The van der Waals surface area contributed by atoms with E-state index in [9.17, 15) is 14.7 Å². The molecule has 0 unspecified atom stereocenters. The smallest absolute Gasteiger partial charge is 0.335 e. The molecule has 0 spiro atoms. The van der Waals surface area contributed by atoms with Crippen LogP contribution in [0, 0.1) is 0 Å². The Kier molecular flexibility index (Phi) is 10.3. The molecule has 1 saturated heterocycles. The number of likely N-dealkylation sites (tertiary alicyclic amines) is 1. The Bertz CT molecular complexity index is 1270. The van der Waals surface area contributed by atoms with Gasteiger partial charge in [0.05, 0.1) is 0 Å². The van der Waals surface area contributed by atoms with Crippen LogP contribution in [0.4, 0.5) is 0 Å². The number of nitrogens with zero attached hydrogens (tertiary/aromatic N) is 1. The third-order valence-electron chi connectivity index (χ3n) is 7.74. The highest BCUT2D eigenvalue weighted by atomic mass is 16.5. The van der Waals surface area contributed by atoms with E-state index >= 15 is 0 Å². The van der Waals surface area contributed by atoms with Crippen molar-refractivity contribution in [1.82, 2.24) is 4.90 Å². The second-order valence-corrected chi connectivity index (χ2v) is 10.4. The molecule has 0 saturated carbocycles. The first kappa shape index (κ1) is 30.0. The van der Waals surface area contributed by atoms with Crippen LogP contribution in [0.2, 0.25) is 0 Å². The Morgan fingerprint density at radius 3 is 2.10 bits per heavy atom. The summed E-state index contributed by atoms with van der Waals surface area (Å²) < 4.78 is 6.03. The largest absolute Gasteiger partial charge is 0.508 e. The fourth-order valence-corrected chi connectivity index (χ4v) is 5.62. The van der Waals surface area contributed by atoms with E-state index in [1.165, 1.54) is 48.2 Å². The van der Waals surface area contributed by atoms with Crippen LogP contribution in [0.1, 0.15) is 53.4 Å². The van der Waals surface area contributed by atoms with Gasteiger partial charge in [0.25, 0.3) is 0 Å². The minimum Gasteiger partial charge on any atom is -0.508 e. The highest BCUT2D eigenvalue weighted by Crippen LogP contribution is 2.47. The number of fused-ring (bicyclic) bond motifs is 1. The number of rotatable bonds is 9. The molecule has 4 atom stereocenters. The second kappa shape index (κ2) is 14.1. The number of aromatic hydroxyl groups is 1. The molecular weight excluding hydrogens is 526 g/mol. The Morgan fingerprint density at radius 1 is 0.854 bits per heavy atom. The number of benzene rings is 3. The molecule has 5 rings (SSSR count). The Labute approximate surface area is 239 Å². The van der Waals surface area contributed by atoms with Gasteiger partial charge in [-0.3, -0.25) is 4.90 Å². The molecule has 1 fully saturated rings. The lowest BCUT2D eigenvalue weighted by molar-refractivity contribution is -0.165. The first-order chi connectivity index (χ1) is 19.7. The van der Waals surface area contributed by atoms with Crippen molar-refractivity contribution in [2.75, 3.05) is 26.2 Å². The number of carboxylic acid groups (broad SMARTS) is 2. The molecule has 1 aliphatic heterocycles. The van der Waals surface area contributed by atoms with Crippen molar-refractivity contribution < 1.29 is 39.9 Å². The minimum atomic E-state index is -2.27. The summed E-state index contributed by atoms with van der Waals surface area (Å²) in [5.41, 5.74) is 5.30. The molecule has 41 heavy (non-hydrogen) atoms. The zero-order chi connectivity index (χ0) is 29.4. The predicted molar refractivity (Wildman–Crippen MR) is 152 cm³/mol. The summed E-state index contributed by atoms with van der Waals surface area (Å²) in [6.45, 7) is 4.18. The number of aliphatic hydroxyl groups is 2. The number of aryl methyl sites for hydroxylation is 1. The fraction of sp³-hybridized carbons (Fsp3) is 0.375. The highest BCUT2D eigenvalue weighted by molar-refractivity contribution is 5.83. The summed E-state index contributed by atoms with van der Waals surface area (Å²) in [6, 6.07) is 25.4. The van der Waals surface area contributed by atoms with E-state index in [1.54, 1.807) is 0 Å². The average molecular weight is 564 g/mol. The number of ether oxygens (including phenoxy) is 1. The number of phenols is 1. The van der Waals surface area contributed by atoms with Crippen LogP contribution in [-0.2, 0) is 16.0 Å². The Balaban J connectivity index is 0.000000334. The van der Waals surface area contributed by atoms with Crippen molar-refractivity contribution in [1.29, 1.82) is 0 Å². The van der Waals surface area contributed by atoms with Crippen molar-refractivity contribution in [3.05, 3.63) is 95.1 Å². The number of phenolic OH excluding ortho intramolecular Hbond substituents is 1. The molecule has 9 heteroatoms. The number of carbonyl (C=O) groups is 2. The van der Waals surface area contributed by atoms with Gasteiger partial charge >= 0.3 is 11.9 Å². The molecule has 0 aromatic heterocycles. The Morgan fingerprint density at radius 2 is 1.49 bits per heavy atom. The summed E-state index contributed by atoms with van der Waals surface area (Å²) in [5.74, 6) is -1.52. The van der Waals surface area contributed by atoms with E-state index in [-0.39, 0.29) is 5.92 Å². The van der Waals surface area contributed by atoms with Gasteiger partial charge in [-0.15, -0.1) is 0 Å². The van der Waals surface area contributed by atoms with Gasteiger partial charge in [-0.25, -0.2) is 9.59 Å². The third kappa shape index (κ3) is 7.85. The zero-order valence-electron chi connectivity index (χ0n) is 22.8. The standard InChI is InChI=1S/C28H31NO2.C4H6O6/c30-24-11-15-27-23(20-24)10-14-26(21-6-2-1-3-7-21)28(27)22-8-12-25(13-9-22)31-19-18-29-16-4-5-17-29;5-1(3(7)8)2(6)4(9)10/h1-3,6-9,11-13,15,20,26,28,30H,4-5,10,14,16-19H2;1-2,5-6H,(H,7,8)(H,9,10)/t26-,28+;1-,2-/m11/s1. The van der Waals surface area contributed by atoms with E-state index < -0.39 is 24.1 Å². The molecule has 0 amide bonds. The molecule has 0 radical (unpaired) electrons. The lowest BCUT2D eigenvalue weighted by Crippen LogP contribution is -2.39. The first-order valence-corrected chi connectivity index (χ1v) is 13.9. The van der Waals surface area contributed by atoms with E-state index in [0.717, 1.165) is 31.7 Å². The molecule has 3 aromatic carbocycles. The topological polar surface area (TPSA) is 148 Å². The SMILES string of the molecule is O=C(O)[C@H](O)[C@@H](O)C(=O)O.Oc1ccc2c(c1)CC[C@H](c1ccccc1)[C@@H]2c1ccc(OCCN2CCCC2)cc1. The minimum absolute atomic E-state index is 0.283. The monoisotopic (exact) mass is 563 g/mol.